The van der Waals surface area contributed by atoms with Gasteiger partial charge in [0.25, 0.3) is 0 Å². The largest absolute Gasteiger partial charge is 0.618 e. The molecule has 0 amide bonds. The highest BCUT2D eigenvalue weighted by Crippen LogP contribution is 2.30. The lowest BCUT2D eigenvalue weighted by Crippen LogP contribution is -2.00. The van der Waals surface area contributed by atoms with Crippen molar-refractivity contribution in [2.24, 2.45) is 0 Å². The van der Waals surface area contributed by atoms with E-state index in [1.54, 1.807) is 29.7 Å². The standard InChI is InChI=1S/C25H19NOS2/c27-26(21-15-17-24(18-16-21)28-22-10-3-1-4-11-22)19-20-9-7-8-14-25(20)29-23-12-5-2-6-13-23/h1-19H. The molecule has 0 aliphatic carbocycles. The van der Waals surface area contributed by atoms with Gasteiger partial charge in [0.2, 0.25) is 5.69 Å². The Balaban J connectivity index is 1.53. The number of hydrogen-bond donors (Lipinski definition) is 0. The summed E-state index contributed by atoms with van der Waals surface area (Å²) in [6.07, 6.45) is 1.64. The summed E-state index contributed by atoms with van der Waals surface area (Å²) in [5.74, 6) is 0. The van der Waals surface area contributed by atoms with Gasteiger partial charge in [0.15, 0.2) is 6.21 Å². The second-order valence-electron chi connectivity index (χ2n) is 6.32. The zero-order valence-electron chi connectivity index (χ0n) is 15.6. The summed E-state index contributed by atoms with van der Waals surface area (Å²) in [4.78, 5) is 4.48. The topological polar surface area (TPSA) is 26.1 Å². The van der Waals surface area contributed by atoms with Crippen LogP contribution in [0.1, 0.15) is 5.56 Å². The second kappa shape index (κ2) is 9.50. The maximum Gasteiger partial charge on any atom is 0.216 e. The van der Waals surface area contributed by atoms with Crippen LogP contribution < -0.4 is 0 Å². The molecule has 4 aromatic rings. The van der Waals surface area contributed by atoms with Gasteiger partial charge in [-0.25, -0.2) is 0 Å². The third kappa shape index (κ3) is 5.31. The normalized spacial score (nSPS) is 11.4. The first-order valence-corrected chi connectivity index (χ1v) is 10.9. The molecule has 0 aliphatic rings. The molecule has 0 aliphatic heterocycles. The van der Waals surface area contributed by atoms with Gasteiger partial charge in [0.05, 0.1) is 5.56 Å². The first-order valence-electron chi connectivity index (χ1n) is 9.24. The van der Waals surface area contributed by atoms with Crippen LogP contribution in [0.5, 0.6) is 0 Å². The molecule has 0 saturated heterocycles. The van der Waals surface area contributed by atoms with E-state index in [0.29, 0.717) is 5.69 Å². The third-order valence-corrected chi connectivity index (χ3v) is 6.33. The molecule has 2 nitrogen and oxygen atoms in total. The van der Waals surface area contributed by atoms with Crippen molar-refractivity contribution in [2.45, 2.75) is 19.6 Å². The maximum absolute atomic E-state index is 12.7. The van der Waals surface area contributed by atoms with E-state index in [-0.39, 0.29) is 0 Å². The summed E-state index contributed by atoms with van der Waals surface area (Å²) in [5.41, 5.74) is 1.51. The highest BCUT2D eigenvalue weighted by molar-refractivity contribution is 7.99. The molecular formula is C25H19NOS2. The van der Waals surface area contributed by atoms with Gasteiger partial charge in [0.1, 0.15) is 0 Å². The summed E-state index contributed by atoms with van der Waals surface area (Å²) in [6.45, 7) is 0. The molecule has 0 bridgehead atoms. The Morgan fingerprint density at radius 2 is 1.07 bits per heavy atom. The van der Waals surface area contributed by atoms with E-state index >= 15 is 0 Å². The molecule has 0 N–H and O–H groups in total. The summed E-state index contributed by atoms with van der Waals surface area (Å²) in [5, 5.41) is 12.7. The van der Waals surface area contributed by atoms with E-state index in [1.807, 2.05) is 84.9 Å². The van der Waals surface area contributed by atoms with Crippen molar-refractivity contribution in [3.63, 3.8) is 0 Å². The highest BCUT2D eigenvalue weighted by Gasteiger charge is 2.08. The Labute approximate surface area is 179 Å². The minimum Gasteiger partial charge on any atom is -0.618 e. The van der Waals surface area contributed by atoms with E-state index in [9.17, 15) is 5.21 Å². The fourth-order valence-electron chi connectivity index (χ4n) is 2.78. The Hall–Kier alpha value is -2.95. The van der Waals surface area contributed by atoms with Gasteiger partial charge in [-0.05, 0) is 48.5 Å². The van der Waals surface area contributed by atoms with Crippen LogP contribution in [0.25, 0.3) is 0 Å². The zero-order chi connectivity index (χ0) is 19.9. The second-order valence-corrected chi connectivity index (χ2v) is 8.58. The Morgan fingerprint density at radius 1 is 0.552 bits per heavy atom. The summed E-state index contributed by atoms with van der Waals surface area (Å²) < 4.78 is 0.932. The number of benzene rings is 4. The maximum atomic E-state index is 12.7. The van der Waals surface area contributed by atoms with Crippen molar-refractivity contribution in [1.82, 2.24) is 0 Å². The Kier molecular flexibility index (Phi) is 6.35. The molecule has 4 heteroatoms. The summed E-state index contributed by atoms with van der Waals surface area (Å²) in [6, 6.07) is 36.0. The molecule has 4 rings (SSSR count). The van der Waals surface area contributed by atoms with Crippen LogP contribution in [0.15, 0.2) is 129 Å². The lowest BCUT2D eigenvalue weighted by atomic mass is 10.2. The van der Waals surface area contributed by atoms with Crippen molar-refractivity contribution >= 4 is 35.4 Å². The van der Waals surface area contributed by atoms with Gasteiger partial charge >= 0.3 is 0 Å². The molecule has 0 spiro atoms. The summed E-state index contributed by atoms with van der Waals surface area (Å²) >= 11 is 3.34. The molecule has 142 valence electrons. The fraction of sp³-hybridized carbons (Fsp3) is 0. The van der Waals surface area contributed by atoms with E-state index in [1.165, 1.54) is 4.90 Å². The highest BCUT2D eigenvalue weighted by atomic mass is 32.2. The van der Waals surface area contributed by atoms with Gasteiger partial charge in [-0.2, -0.15) is 4.74 Å². The Bertz CT molecular complexity index is 1090. The van der Waals surface area contributed by atoms with Gasteiger partial charge in [0, 0.05) is 31.7 Å². The molecule has 29 heavy (non-hydrogen) atoms. The van der Waals surface area contributed by atoms with Gasteiger partial charge in [-0.3, -0.25) is 0 Å². The third-order valence-electron chi connectivity index (χ3n) is 4.22. The minimum atomic E-state index is 0.613. The predicted molar refractivity (Wildman–Crippen MR) is 122 cm³/mol. The number of rotatable bonds is 6. The van der Waals surface area contributed by atoms with E-state index in [4.69, 9.17) is 0 Å². The number of nitrogens with zero attached hydrogens (tertiary/aromatic N) is 1. The molecule has 0 fully saturated rings. The van der Waals surface area contributed by atoms with E-state index < -0.39 is 0 Å². The van der Waals surface area contributed by atoms with Crippen LogP contribution >= 0.6 is 23.5 Å². The van der Waals surface area contributed by atoms with Gasteiger partial charge in [-0.1, -0.05) is 72.1 Å². The van der Waals surface area contributed by atoms with Crippen LogP contribution in [0.2, 0.25) is 0 Å². The van der Waals surface area contributed by atoms with E-state index in [2.05, 4.69) is 24.3 Å². The van der Waals surface area contributed by atoms with Gasteiger partial charge in [-0.15, -0.1) is 0 Å². The molecule has 0 saturated carbocycles. The van der Waals surface area contributed by atoms with Crippen LogP contribution in [0.3, 0.4) is 0 Å². The smallest absolute Gasteiger partial charge is 0.216 e. The number of hydrogen-bond acceptors (Lipinski definition) is 3. The lowest BCUT2D eigenvalue weighted by Gasteiger charge is -2.07. The molecule has 0 heterocycles. The zero-order valence-corrected chi connectivity index (χ0v) is 17.3. The summed E-state index contributed by atoms with van der Waals surface area (Å²) in [7, 11) is 0. The molecule has 0 aromatic heterocycles. The predicted octanol–water partition coefficient (Wildman–Crippen LogP) is 7.25. The van der Waals surface area contributed by atoms with Crippen molar-refractivity contribution in [3.05, 3.63) is 120 Å². The van der Waals surface area contributed by atoms with Crippen molar-refractivity contribution in [1.29, 1.82) is 0 Å². The monoisotopic (exact) mass is 413 g/mol. The van der Waals surface area contributed by atoms with Gasteiger partial charge < -0.3 is 5.21 Å². The molecule has 0 radical (unpaired) electrons. The van der Waals surface area contributed by atoms with E-state index in [0.717, 1.165) is 25.0 Å². The fourth-order valence-corrected chi connectivity index (χ4v) is 4.55. The van der Waals surface area contributed by atoms with Crippen LogP contribution in [0, 0.1) is 5.21 Å². The van der Waals surface area contributed by atoms with Crippen molar-refractivity contribution in [3.8, 4) is 0 Å². The lowest BCUT2D eigenvalue weighted by molar-refractivity contribution is -0.354. The molecule has 4 aromatic carbocycles. The average Bonchev–Trinajstić information content (AvgIpc) is 2.77. The first-order chi connectivity index (χ1) is 14.3. The molecule has 0 unspecified atom stereocenters. The average molecular weight is 414 g/mol. The molecule has 0 atom stereocenters. The van der Waals surface area contributed by atoms with Crippen LogP contribution in [0.4, 0.5) is 5.69 Å². The van der Waals surface area contributed by atoms with Crippen molar-refractivity contribution < 1.29 is 4.74 Å². The van der Waals surface area contributed by atoms with Crippen LogP contribution in [-0.2, 0) is 0 Å². The van der Waals surface area contributed by atoms with Crippen molar-refractivity contribution in [2.75, 3.05) is 0 Å². The quantitative estimate of drug-likeness (QED) is 0.144. The van der Waals surface area contributed by atoms with Crippen LogP contribution in [-0.4, -0.2) is 11.0 Å². The molecular weight excluding hydrogens is 394 g/mol. The Morgan fingerprint density at radius 3 is 1.72 bits per heavy atom. The SMILES string of the molecule is [O-][N+](=Cc1ccccc1Sc1ccccc1)c1ccc(Sc2ccccc2)cc1. The first kappa shape index (κ1) is 19.4. The minimum absolute atomic E-state index is 0.613.